The summed E-state index contributed by atoms with van der Waals surface area (Å²) in [5.41, 5.74) is 7.59. The van der Waals surface area contributed by atoms with E-state index in [4.69, 9.17) is 10.5 Å². The molecule has 0 aliphatic rings. The molecule has 7 nitrogen and oxygen atoms in total. The van der Waals surface area contributed by atoms with Gasteiger partial charge in [-0.3, -0.25) is 14.9 Å². The van der Waals surface area contributed by atoms with Crippen LogP contribution in [0.5, 0.6) is 0 Å². The lowest BCUT2D eigenvalue weighted by Gasteiger charge is -2.03. The molecular formula is C19H22N4O3S2. The number of carbonyl (C=O) groups is 2. The molecule has 3 N–H and O–H groups in total. The summed E-state index contributed by atoms with van der Waals surface area (Å²) >= 11 is 2.51. The third-order valence-corrected chi connectivity index (χ3v) is 5.90. The fraction of sp³-hybridized carbons (Fsp3) is 0.368. The lowest BCUT2D eigenvalue weighted by Crippen LogP contribution is -2.11. The Labute approximate surface area is 171 Å². The minimum atomic E-state index is -0.331. The topological polar surface area (TPSA) is 107 Å². The fourth-order valence-corrected chi connectivity index (χ4v) is 4.49. The number of carbonyl (C=O) groups excluding carboxylic acids is 2. The molecule has 0 aliphatic heterocycles. The Balaban J connectivity index is 1.75. The first-order valence-electron chi connectivity index (χ1n) is 8.97. The molecule has 28 heavy (non-hydrogen) atoms. The molecule has 0 saturated heterocycles. The fourth-order valence-electron chi connectivity index (χ4n) is 2.69. The van der Waals surface area contributed by atoms with Gasteiger partial charge in [0.2, 0.25) is 0 Å². The van der Waals surface area contributed by atoms with E-state index in [0.717, 1.165) is 27.2 Å². The van der Waals surface area contributed by atoms with Crippen molar-refractivity contribution in [2.24, 2.45) is 5.92 Å². The molecule has 0 unspecified atom stereocenters. The van der Waals surface area contributed by atoms with Gasteiger partial charge < -0.3 is 10.5 Å². The molecule has 1 amide bonds. The number of thiazole rings is 1. The number of anilines is 2. The molecule has 0 bridgehead atoms. The number of nitrogens with two attached hydrogens (primary N) is 1. The Morgan fingerprint density at radius 3 is 2.79 bits per heavy atom. The molecule has 0 spiro atoms. The van der Waals surface area contributed by atoms with Gasteiger partial charge in [-0.1, -0.05) is 13.8 Å². The van der Waals surface area contributed by atoms with E-state index in [1.807, 2.05) is 12.1 Å². The number of fused-ring (bicyclic) bond motifs is 1. The lowest BCUT2D eigenvalue weighted by atomic mass is 10.1. The minimum Gasteiger partial charge on any atom is -0.466 e. The summed E-state index contributed by atoms with van der Waals surface area (Å²) in [7, 11) is 0. The molecule has 0 aromatic carbocycles. The zero-order valence-electron chi connectivity index (χ0n) is 15.9. The Kier molecular flexibility index (Phi) is 6.25. The number of ether oxygens (including phenoxy) is 1. The number of hydrogen-bond acceptors (Lipinski definition) is 8. The molecule has 3 heterocycles. The molecule has 3 aromatic rings. The van der Waals surface area contributed by atoms with Gasteiger partial charge in [-0.05, 0) is 31.4 Å². The summed E-state index contributed by atoms with van der Waals surface area (Å²) < 4.78 is 4.92. The molecule has 0 aliphatic carbocycles. The van der Waals surface area contributed by atoms with Crippen LogP contribution in [0.25, 0.3) is 10.2 Å². The molecule has 3 rings (SSSR count). The highest BCUT2D eigenvalue weighted by Gasteiger charge is 2.19. The molecule has 3 aromatic heterocycles. The number of nitrogens with one attached hydrogen (secondary N) is 1. The number of rotatable bonds is 7. The average Bonchev–Trinajstić information content (AvgIpc) is 3.18. The van der Waals surface area contributed by atoms with Crippen molar-refractivity contribution in [1.29, 1.82) is 0 Å². The first-order valence-corrected chi connectivity index (χ1v) is 10.6. The average molecular weight is 419 g/mol. The van der Waals surface area contributed by atoms with Gasteiger partial charge in [0.05, 0.1) is 18.7 Å². The summed E-state index contributed by atoms with van der Waals surface area (Å²) in [6.07, 6.45) is 2.57. The number of aromatic nitrogens is 2. The highest BCUT2D eigenvalue weighted by atomic mass is 32.1. The number of thiophene rings is 1. The second-order valence-electron chi connectivity index (χ2n) is 6.67. The number of pyridine rings is 1. The summed E-state index contributed by atoms with van der Waals surface area (Å²) in [6.45, 7) is 6.36. The van der Waals surface area contributed by atoms with E-state index < -0.39 is 0 Å². The molecule has 0 radical (unpaired) electrons. The monoisotopic (exact) mass is 418 g/mol. The quantitative estimate of drug-likeness (QED) is 0.564. The predicted octanol–water partition coefficient (Wildman–Crippen LogP) is 3.89. The second kappa shape index (κ2) is 8.66. The van der Waals surface area contributed by atoms with Crippen molar-refractivity contribution in [1.82, 2.24) is 9.97 Å². The number of amides is 1. The Bertz CT molecular complexity index is 1010. The molecular weight excluding hydrogens is 396 g/mol. The molecule has 0 atom stereocenters. The Morgan fingerprint density at radius 2 is 2.07 bits per heavy atom. The molecule has 0 saturated carbocycles. The Morgan fingerprint density at radius 1 is 1.29 bits per heavy atom. The van der Waals surface area contributed by atoms with Gasteiger partial charge in [0.15, 0.2) is 5.13 Å². The number of nitrogens with zero attached hydrogens (tertiary/aromatic N) is 2. The van der Waals surface area contributed by atoms with Gasteiger partial charge in [0, 0.05) is 22.2 Å². The summed E-state index contributed by atoms with van der Waals surface area (Å²) in [4.78, 5) is 34.9. The van der Waals surface area contributed by atoms with Crippen LogP contribution in [0.3, 0.4) is 0 Å². The smallest absolute Gasteiger partial charge is 0.311 e. The van der Waals surface area contributed by atoms with Crippen LogP contribution in [0.2, 0.25) is 0 Å². The highest BCUT2D eigenvalue weighted by molar-refractivity contribution is 7.21. The standard InChI is InChI=1S/C19H22N4O3S2/c1-4-26-14(24)8-12-9-21-19(27-12)23-17(25)16-15(20)13-6-5-11(7-10(2)3)22-18(13)28-16/h5-6,9-10H,4,7-8,20H2,1-3H3,(H,21,23,25). The van der Waals surface area contributed by atoms with Crippen molar-refractivity contribution in [2.75, 3.05) is 17.7 Å². The van der Waals surface area contributed by atoms with E-state index in [-0.39, 0.29) is 18.3 Å². The zero-order chi connectivity index (χ0) is 20.3. The summed E-state index contributed by atoms with van der Waals surface area (Å²) in [6, 6.07) is 3.87. The largest absolute Gasteiger partial charge is 0.466 e. The van der Waals surface area contributed by atoms with Gasteiger partial charge in [0.1, 0.15) is 9.71 Å². The van der Waals surface area contributed by atoms with Crippen LogP contribution >= 0.6 is 22.7 Å². The number of esters is 1. The van der Waals surface area contributed by atoms with E-state index in [2.05, 4.69) is 29.1 Å². The van der Waals surface area contributed by atoms with E-state index >= 15 is 0 Å². The summed E-state index contributed by atoms with van der Waals surface area (Å²) in [5.74, 6) is -0.150. The van der Waals surface area contributed by atoms with Crippen molar-refractivity contribution >= 4 is 55.6 Å². The third-order valence-electron chi connectivity index (χ3n) is 3.87. The van der Waals surface area contributed by atoms with Crippen LogP contribution in [0, 0.1) is 5.92 Å². The lowest BCUT2D eigenvalue weighted by molar-refractivity contribution is -0.142. The van der Waals surface area contributed by atoms with Crippen LogP contribution < -0.4 is 11.1 Å². The highest BCUT2D eigenvalue weighted by Crippen LogP contribution is 2.33. The second-order valence-corrected chi connectivity index (χ2v) is 8.78. The van der Waals surface area contributed by atoms with Crippen molar-refractivity contribution in [3.05, 3.63) is 33.8 Å². The van der Waals surface area contributed by atoms with E-state index in [1.165, 1.54) is 22.7 Å². The van der Waals surface area contributed by atoms with Crippen LogP contribution in [-0.2, 0) is 22.4 Å². The molecule has 9 heteroatoms. The van der Waals surface area contributed by atoms with Gasteiger partial charge >= 0.3 is 5.97 Å². The third kappa shape index (κ3) is 4.66. The van der Waals surface area contributed by atoms with Gasteiger partial charge in [-0.2, -0.15) is 0 Å². The van der Waals surface area contributed by atoms with Crippen LogP contribution in [-0.4, -0.2) is 28.5 Å². The first kappa shape index (κ1) is 20.2. The van der Waals surface area contributed by atoms with Crippen molar-refractivity contribution in [3.63, 3.8) is 0 Å². The van der Waals surface area contributed by atoms with E-state index in [1.54, 1.807) is 13.1 Å². The van der Waals surface area contributed by atoms with Crippen molar-refractivity contribution in [3.8, 4) is 0 Å². The number of hydrogen-bond donors (Lipinski definition) is 2. The van der Waals surface area contributed by atoms with Crippen LogP contribution in [0.4, 0.5) is 10.8 Å². The van der Waals surface area contributed by atoms with E-state index in [9.17, 15) is 9.59 Å². The van der Waals surface area contributed by atoms with Crippen molar-refractivity contribution in [2.45, 2.75) is 33.6 Å². The van der Waals surface area contributed by atoms with Gasteiger partial charge in [0.25, 0.3) is 5.91 Å². The zero-order valence-corrected chi connectivity index (χ0v) is 17.6. The SMILES string of the molecule is CCOC(=O)Cc1cnc(NC(=O)c2sc3nc(CC(C)C)ccc3c2N)s1. The predicted molar refractivity (Wildman–Crippen MR) is 113 cm³/mol. The first-order chi connectivity index (χ1) is 13.4. The van der Waals surface area contributed by atoms with Gasteiger partial charge in [-0.25, -0.2) is 9.97 Å². The molecule has 0 fully saturated rings. The minimum absolute atomic E-state index is 0.134. The van der Waals surface area contributed by atoms with Gasteiger partial charge in [-0.15, -0.1) is 22.7 Å². The maximum atomic E-state index is 12.7. The molecule has 148 valence electrons. The number of nitrogen functional groups attached to an aromatic ring is 1. The van der Waals surface area contributed by atoms with Crippen LogP contribution in [0.1, 0.15) is 41.0 Å². The normalized spacial score (nSPS) is 11.1. The maximum Gasteiger partial charge on any atom is 0.311 e. The Hall–Kier alpha value is -2.52. The van der Waals surface area contributed by atoms with Crippen molar-refractivity contribution < 1.29 is 14.3 Å². The van der Waals surface area contributed by atoms with Crippen LogP contribution in [0.15, 0.2) is 18.3 Å². The maximum absolute atomic E-state index is 12.7. The summed E-state index contributed by atoms with van der Waals surface area (Å²) in [5, 5.41) is 3.95. The van der Waals surface area contributed by atoms with E-state index in [0.29, 0.717) is 28.2 Å².